The Balaban J connectivity index is 1.69. The summed E-state index contributed by atoms with van der Waals surface area (Å²) < 4.78 is 9.28. The standard InChI is InChI=1S/C18H18BrN5O5/c1-10-7-23(17(28)20-16(10)27)15-6-14(26)18(9-25,29-15)24-8-13(21-22-24)11-2-4-12(19)5-3-11/h2-5,7-8,14-15,25-26H,6,9H2,1H3,(H,20,27,28)/t14-,15+,18+/m0/s1. The van der Waals surface area contributed by atoms with Crippen LogP contribution >= 0.6 is 15.9 Å². The van der Waals surface area contributed by atoms with E-state index in [-0.39, 0.29) is 6.42 Å². The average Bonchev–Trinajstić information content (AvgIpc) is 3.31. The minimum atomic E-state index is -1.62. The first kappa shape index (κ1) is 19.7. The van der Waals surface area contributed by atoms with Crippen LogP contribution in [0.3, 0.4) is 0 Å². The smallest absolute Gasteiger partial charge is 0.330 e. The summed E-state index contributed by atoms with van der Waals surface area (Å²) in [5.41, 5.74) is -1.13. The van der Waals surface area contributed by atoms with Gasteiger partial charge in [-0.2, -0.15) is 0 Å². The average molecular weight is 464 g/mol. The number of H-pyrrole nitrogens is 1. The molecule has 1 saturated heterocycles. The highest BCUT2D eigenvalue weighted by atomic mass is 79.9. The van der Waals surface area contributed by atoms with Gasteiger partial charge in [-0.1, -0.05) is 33.3 Å². The van der Waals surface area contributed by atoms with Crippen LogP contribution in [0.1, 0.15) is 18.2 Å². The highest BCUT2D eigenvalue weighted by Gasteiger charge is 2.51. The van der Waals surface area contributed by atoms with Crippen molar-refractivity contribution in [3.05, 3.63) is 67.5 Å². The van der Waals surface area contributed by atoms with Gasteiger partial charge in [-0.05, 0) is 19.1 Å². The van der Waals surface area contributed by atoms with Crippen LogP contribution in [0.25, 0.3) is 11.3 Å². The largest absolute Gasteiger partial charge is 0.391 e. The molecular weight excluding hydrogens is 446 g/mol. The van der Waals surface area contributed by atoms with Crippen molar-refractivity contribution in [3.63, 3.8) is 0 Å². The van der Waals surface area contributed by atoms with Crippen molar-refractivity contribution in [1.29, 1.82) is 0 Å². The Kier molecular flexibility index (Phi) is 4.99. The summed E-state index contributed by atoms with van der Waals surface area (Å²) >= 11 is 3.37. The second-order valence-electron chi connectivity index (χ2n) is 6.86. The molecule has 11 heteroatoms. The number of hydrogen-bond donors (Lipinski definition) is 3. The molecule has 3 atom stereocenters. The summed E-state index contributed by atoms with van der Waals surface area (Å²) in [6.07, 6.45) is 0.864. The number of aliphatic hydroxyl groups excluding tert-OH is 2. The minimum absolute atomic E-state index is 0.0133. The van der Waals surface area contributed by atoms with E-state index in [4.69, 9.17) is 4.74 Å². The SMILES string of the molecule is Cc1cn([C@H]2C[C@H](O)[C@](CO)(n3cc(-c4ccc(Br)cc4)nn3)O2)c(=O)[nH]c1=O. The van der Waals surface area contributed by atoms with Crippen LogP contribution in [-0.2, 0) is 10.5 Å². The maximum atomic E-state index is 12.2. The van der Waals surface area contributed by atoms with E-state index in [1.54, 1.807) is 13.1 Å². The maximum Gasteiger partial charge on any atom is 0.330 e. The second-order valence-corrected chi connectivity index (χ2v) is 7.78. The molecule has 0 amide bonds. The van der Waals surface area contributed by atoms with Gasteiger partial charge in [-0.25, -0.2) is 9.48 Å². The van der Waals surface area contributed by atoms with Crippen molar-refractivity contribution < 1.29 is 14.9 Å². The maximum absolute atomic E-state index is 12.2. The Bertz CT molecular complexity index is 1150. The summed E-state index contributed by atoms with van der Waals surface area (Å²) in [5.74, 6) is 0. The van der Waals surface area contributed by atoms with Crippen molar-refractivity contribution in [1.82, 2.24) is 24.5 Å². The van der Waals surface area contributed by atoms with E-state index in [9.17, 15) is 19.8 Å². The number of aromatic amines is 1. The first-order valence-electron chi connectivity index (χ1n) is 8.81. The topological polar surface area (TPSA) is 135 Å². The molecule has 1 aliphatic heterocycles. The Morgan fingerprint density at radius 3 is 2.72 bits per heavy atom. The van der Waals surface area contributed by atoms with Crippen molar-refractivity contribution >= 4 is 15.9 Å². The predicted molar refractivity (Wildman–Crippen MR) is 105 cm³/mol. The molecule has 4 rings (SSSR count). The van der Waals surface area contributed by atoms with Crippen LogP contribution < -0.4 is 11.2 Å². The fourth-order valence-corrected chi connectivity index (χ4v) is 3.60. The number of rotatable bonds is 4. The van der Waals surface area contributed by atoms with E-state index in [1.807, 2.05) is 24.3 Å². The molecule has 0 radical (unpaired) electrons. The van der Waals surface area contributed by atoms with Crippen LogP contribution in [0.15, 0.2) is 50.7 Å². The van der Waals surface area contributed by atoms with Crippen LogP contribution in [-0.4, -0.2) is 47.5 Å². The lowest BCUT2D eigenvalue weighted by Gasteiger charge is -2.29. The normalized spacial score (nSPS) is 24.1. The van der Waals surface area contributed by atoms with Crippen molar-refractivity contribution in [2.45, 2.75) is 31.4 Å². The van der Waals surface area contributed by atoms with E-state index < -0.39 is 35.9 Å². The van der Waals surface area contributed by atoms with Crippen molar-refractivity contribution in [2.75, 3.05) is 6.61 Å². The number of aryl methyl sites for hydroxylation is 1. The molecule has 0 saturated carbocycles. The van der Waals surface area contributed by atoms with Crippen molar-refractivity contribution in [2.24, 2.45) is 0 Å². The molecule has 0 bridgehead atoms. The van der Waals surface area contributed by atoms with Crippen LogP contribution in [0, 0.1) is 6.92 Å². The van der Waals surface area contributed by atoms with Gasteiger partial charge < -0.3 is 14.9 Å². The quantitative estimate of drug-likeness (QED) is 0.512. The van der Waals surface area contributed by atoms with E-state index in [2.05, 4.69) is 31.2 Å². The number of nitrogens with zero attached hydrogens (tertiary/aromatic N) is 4. The third-order valence-corrected chi connectivity index (χ3v) is 5.52. The van der Waals surface area contributed by atoms with Gasteiger partial charge in [0, 0.05) is 28.2 Å². The van der Waals surface area contributed by atoms with Gasteiger partial charge in [0.2, 0.25) is 5.72 Å². The molecule has 0 unspecified atom stereocenters. The van der Waals surface area contributed by atoms with E-state index in [1.165, 1.54) is 15.4 Å². The molecule has 1 aliphatic rings. The number of aliphatic hydroxyl groups is 2. The third kappa shape index (κ3) is 3.35. The van der Waals surface area contributed by atoms with Crippen LogP contribution in [0.5, 0.6) is 0 Å². The number of aromatic nitrogens is 5. The molecule has 3 heterocycles. The second kappa shape index (κ2) is 7.34. The fraction of sp³-hybridized carbons (Fsp3) is 0.333. The molecular formula is C18H18BrN5O5. The fourth-order valence-electron chi connectivity index (χ4n) is 3.33. The first-order chi connectivity index (χ1) is 13.8. The molecule has 0 aliphatic carbocycles. The van der Waals surface area contributed by atoms with Gasteiger partial charge in [-0.3, -0.25) is 14.3 Å². The summed E-state index contributed by atoms with van der Waals surface area (Å²) in [6.45, 7) is 0.965. The molecule has 0 spiro atoms. The van der Waals surface area contributed by atoms with Crippen LogP contribution in [0.2, 0.25) is 0 Å². The lowest BCUT2D eigenvalue weighted by Crippen LogP contribution is -2.46. The summed E-state index contributed by atoms with van der Waals surface area (Å²) in [4.78, 5) is 26.0. The van der Waals surface area contributed by atoms with E-state index >= 15 is 0 Å². The molecule has 152 valence electrons. The molecule has 1 aromatic carbocycles. The number of halogens is 1. The Hall–Kier alpha value is -2.60. The molecule has 3 N–H and O–H groups in total. The zero-order valence-electron chi connectivity index (χ0n) is 15.3. The van der Waals surface area contributed by atoms with E-state index in [0.29, 0.717) is 11.3 Å². The monoisotopic (exact) mass is 463 g/mol. The third-order valence-electron chi connectivity index (χ3n) is 4.99. The summed E-state index contributed by atoms with van der Waals surface area (Å²) in [5, 5.41) is 28.9. The van der Waals surface area contributed by atoms with Crippen molar-refractivity contribution in [3.8, 4) is 11.3 Å². The minimum Gasteiger partial charge on any atom is -0.391 e. The van der Waals surface area contributed by atoms with Gasteiger partial charge >= 0.3 is 5.69 Å². The molecule has 1 fully saturated rings. The van der Waals surface area contributed by atoms with Gasteiger partial charge in [0.1, 0.15) is 18.0 Å². The lowest BCUT2D eigenvalue weighted by molar-refractivity contribution is -0.187. The van der Waals surface area contributed by atoms with Crippen LogP contribution in [0.4, 0.5) is 0 Å². The lowest BCUT2D eigenvalue weighted by atomic mass is 10.1. The van der Waals surface area contributed by atoms with Gasteiger partial charge in [-0.15, -0.1) is 5.10 Å². The molecule has 10 nitrogen and oxygen atoms in total. The molecule has 3 aromatic rings. The highest BCUT2D eigenvalue weighted by Crippen LogP contribution is 2.39. The Morgan fingerprint density at radius 1 is 1.31 bits per heavy atom. The highest BCUT2D eigenvalue weighted by molar-refractivity contribution is 9.10. The number of hydrogen-bond acceptors (Lipinski definition) is 7. The number of ether oxygens (including phenoxy) is 1. The predicted octanol–water partition coefficient (Wildman–Crippen LogP) is 0.491. The number of benzene rings is 1. The Morgan fingerprint density at radius 2 is 2.03 bits per heavy atom. The zero-order valence-corrected chi connectivity index (χ0v) is 16.9. The van der Waals surface area contributed by atoms with Gasteiger partial charge in [0.25, 0.3) is 5.56 Å². The van der Waals surface area contributed by atoms with E-state index in [0.717, 1.165) is 10.0 Å². The Labute approximate surface area is 172 Å². The molecule has 2 aromatic heterocycles. The summed E-state index contributed by atoms with van der Waals surface area (Å²) in [6, 6.07) is 7.42. The summed E-state index contributed by atoms with van der Waals surface area (Å²) in [7, 11) is 0. The van der Waals surface area contributed by atoms with Gasteiger partial charge in [0.05, 0.1) is 12.8 Å². The number of nitrogens with one attached hydrogen (secondary N) is 1. The van der Waals surface area contributed by atoms with Gasteiger partial charge in [0.15, 0.2) is 0 Å². The first-order valence-corrected chi connectivity index (χ1v) is 9.61. The zero-order chi connectivity index (χ0) is 20.8. The molecule has 29 heavy (non-hydrogen) atoms.